The summed E-state index contributed by atoms with van der Waals surface area (Å²) in [4.78, 5) is 26.8. The van der Waals surface area contributed by atoms with Crippen molar-refractivity contribution in [2.75, 3.05) is 17.3 Å². The molecule has 0 spiro atoms. The first-order valence-corrected chi connectivity index (χ1v) is 8.49. The van der Waals surface area contributed by atoms with Gasteiger partial charge in [0.25, 0.3) is 0 Å². The minimum atomic E-state index is -0.172. The number of hydrogen-bond donors (Lipinski definition) is 1. The maximum Gasteiger partial charge on any atom is 0.234 e. The first-order valence-electron chi connectivity index (χ1n) is 5.46. The molecule has 19 heavy (non-hydrogen) atoms. The summed E-state index contributed by atoms with van der Waals surface area (Å²) in [5.41, 5.74) is 1.67. The Morgan fingerprint density at radius 2 is 2.21 bits per heavy atom. The second kappa shape index (κ2) is 6.40. The van der Waals surface area contributed by atoms with Crippen molar-refractivity contribution in [1.29, 1.82) is 0 Å². The van der Waals surface area contributed by atoms with Crippen LogP contribution in [0.3, 0.4) is 0 Å². The van der Waals surface area contributed by atoms with E-state index in [-0.39, 0.29) is 16.8 Å². The van der Waals surface area contributed by atoms with Crippen molar-refractivity contribution in [2.24, 2.45) is 0 Å². The molecule has 100 valence electrons. The molecular weight excluding hydrogens is 300 g/mol. The Morgan fingerprint density at radius 3 is 2.89 bits per heavy atom. The molecule has 0 aliphatic carbocycles. The summed E-state index contributed by atoms with van der Waals surface area (Å²) in [5, 5.41) is 2.72. The summed E-state index contributed by atoms with van der Waals surface area (Å²) in [6, 6.07) is 5.62. The fraction of sp³-hybridized carbons (Fsp3) is 0.250. The van der Waals surface area contributed by atoms with Gasteiger partial charge in [-0.05, 0) is 24.5 Å². The summed E-state index contributed by atoms with van der Waals surface area (Å²) in [6.45, 7) is 1.45. The molecule has 7 heteroatoms. The molecule has 0 aliphatic heterocycles. The third-order valence-corrected chi connectivity index (χ3v) is 5.05. The third kappa shape index (κ3) is 3.95. The van der Waals surface area contributed by atoms with Gasteiger partial charge < -0.3 is 5.32 Å². The van der Waals surface area contributed by atoms with Crippen molar-refractivity contribution >= 4 is 61.8 Å². The van der Waals surface area contributed by atoms with Crippen molar-refractivity contribution < 1.29 is 9.59 Å². The molecule has 0 saturated heterocycles. The quantitative estimate of drug-likeness (QED) is 0.878. The first kappa shape index (κ1) is 14.4. The van der Waals surface area contributed by atoms with Gasteiger partial charge in [-0.3, -0.25) is 9.59 Å². The van der Waals surface area contributed by atoms with Gasteiger partial charge in [0.15, 0.2) is 9.45 Å². The lowest BCUT2D eigenvalue weighted by molar-refractivity contribution is -0.114. The van der Waals surface area contributed by atoms with E-state index in [1.165, 1.54) is 6.92 Å². The van der Waals surface area contributed by atoms with Gasteiger partial charge in [0.1, 0.15) is 0 Å². The molecule has 4 nitrogen and oxygen atoms in total. The minimum absolute atomic E-state index is 0.0577. The van der Waals surface area contributed by atoms with Crippen LogP contribution >= 0.6 is 34.9 Å². The number of rotatable bonds is 4. The summed E-state index contributed by atoms with van der Waals surface area (Å²) in [5.74, 6) is -0.0271. The lowest BCUT2D eigenvalue weighted by atomic mass is 10.3. The van der Waals surface area contributed by atoms with Crippen molar-refractivity contribution in [3.05, 3.63) is 18.2 Å². The summed E-state index contributed by atoms with van der Waals surface area (Å²) < 4.78 is 2.05. The van der Waals surface area contributed by atoms with Gasteiger partial charge in [0.05, 0.1) is 16.0 Å². The highest BCUT2D eigenvalue weighted by molar-refractivity contribution is 8.14. The van der Waals surface area contributed by atoms with E-state index in [0.29, 0.717) is 0 Å². The predicted octanol–water partition coefficient (Wildman–Crippen LogP) is 3.24. The molecule has 2 rings (SSSR count). The lowest BCUT2D eigenvalue weighted by Gasteiger charge is -2.03. The Balaban J connectivity index is 2.08. The van der Waals surface area contributed by atoms with Crippen LogP contribution in [0.4, 0.5) is 5.69 Å². The third-order valence-electron chi connectivity index (χ3n) is 2.23. The molecule has 0 saturated carbocycles. The normalized spacial score (nSPS) is 10.6. The standard InChI is InChI=1S/C12H12N2O2S3/c1-7(15)18-6-11(16)13-8-3-4-9-10(5-8)19-12(14-9)17-2/h3-5H,6H2,1-2H3,(H,13,16). The number of anilines is 1. The zero-order chi connectivity index (χ0) is 13.8. The molecule has 1 N–H and O–H groups in total. The van der Waals surface area contributed by atoms with Crippen molar-refractivity contribution in [3.63, 3.8) is 0 Å². The summed E-state index contributed by atoms with van der Waals surface area (Å²) in [7, 11) is 0. The Hall–Kier alpha value is -1.05. The second-order valence-corrected chi connectivity index (χ2v) is 6.93. The Labute approximate surface area is 123 Å². The van der Waals surface area contributed by atoms with Crippen LogP contribution in [-0.4, -0.2) is 28.0 Å². The van der Waals surface area contributed by atoms with E-state index < -0.39 is 0 Å². The number of hydrogen-bond acceptors (Lipinski definition) is 6. The molecule has 0 radical (unpaired) electrons. The Bertz CT molecular complexity index is 624. The Kier molecular flexibility index (Phi) is 4.84. The van der Waals surface area contributed by atoms with E-state index in [9.17, 15) is 9.59 Å². The maximum atomic E-state index is 11.6. The van der Waals surface area contributed by atoms with Crippen LogP contribution in [-0.2, 0) is 9.59 Å². The first-order chi connectivity index (χ1) is 9.08. The SMILES string of the molecule is CSc1nc2ccc(NC(=O)CSC(C)=O)cc2s1. The molecule has 0 unspecified atom stereocenters. The molecule has 2 aromatic rings. The van der Waals surface area contributed by atoms with Gasteiger partial charge in [-0.2, -0.15) is 0 Å². The second-order valence-electron chi connectivity index (χ2n) is 3.69. The minimum Gasteiger partial charge on any atom is -0.325 e. The van der Waals surface area contributed by atoms with Crippen LogP contribution in [0, 0.1) is 0 Å². The summed E-state index contributed by atoms with van der Waals surface area (Å²) >= 11 is 4.21. The van der Waals surface area contributed by atoms with E-state index >= 15 is 0 Å². The number of nitrogens with zero attached hydrogens (tertiary/aromatic N) is 1. The Morgan fingerprint density at radius 1 is 1.42 bits per heavy atom. The van der Waals surface area contributed by atoms with Crippen LogP contribution in [0.15, 0.2) is 22.5 Å². The zero-order valence-electron chi connectivity index (χ0n) is 10.4. The fourth-order valence-electron chi connectivity index (χ4n) is 1.43. The highest BCUT2D eigenvalue weighted by Gasteiger charge is 2.07. The molecule has 1 heterocycles. The molecule has 0 bridgehead atoms. The van der Waals surface area contributed by atoms with Gasteiger partial charge >= 0.3 is 0 Å². The van der Waals surface area contributed by atoms with E-state index in [1.54, 1.807) is 23.1 Å². The van der Waals surface area contributed by atoms with Crippen LogP contribution in [0.2, 0.25) is 0 Å². The van der Waals surface area contributed by atoms with E-state index in [0.717, 1.165) is 32.0 Å². The van der Waals surface area contributed by atoms with E-state index in [1.807, 2.05) is 24.5 Å². The molecule has 1 aromatic carbocycles. The maximum absolute atomic E-state index is 11.6. The number of thioether (sulfide) groups is 2. The number of carbonyl (C=O) groups excluding carboxylic acids is 2. The molecule has 0 atom stereocenters. The molecule has 0 aliphatic rings. The molecule has 1 aromatic heterocycles. The average Bonchev–Trinajstić information content (AvgIpc) is 2.78. The highest BCUT2D eigenvalue weighted by atomic mass is 32.2. The number of benzene rings is 1. The predicted molar refractivity (Wildman–Crippen MR) is 83.2 cm³/mol. The van der Waals surface area contributed by atoms with E-state index in [4.69, 9.17) is 0 Å². The zero-order valence-corrected chi connectivity index (χ0v) is 12.9. The monoisotopic (exact) mass is 312 g/mol. The van der Waals surface area contributed by atoms with Gasteiger partial charge in [-0.1, -0.05) is 23.5 Å². The van der Waals surface area contributed by atoms with Crippen LogP contribution in [0.25, 0.3) is 10.2 Å². The topological polar surface area (TPSA) is 59.1 Å². The number of amides is 1. The van der Waals surface area contributed by atoms with Gasteiger partial charge in [-0.15, -0.1) is 11.3 Å². The van der Waals surface area contributed by atoms with Crippen molar-refractivity contribution in [1.82, 2.24) is 4.98 Å². The van der Waals surface area contributed by atoms with Crippen molar-refractivity contribution in [3.8, 4) is 0 Å². The van der Waals surface area contributed by atoms with Crippen LogP contribution < -0.4 is 5.32 Å². The van der Waals surface area contributed by atoms with Crippen molar-refractivity contribution in [2.45, 2.75) is 11.3 Å². The van der Waals surface area contributed by atoms with Crippen LogP contribution in [0.5, 0.6) is 0 Å². The number of fused-ring (bicyclic) bond motifs is 1. The average molecular weight is 312 g/mol. The van der Waals surface area contributed by atoms with Gasteiger partial charge in [0, 0.05) is 12.6 Å². The number of carbonyl (C=O) groups is 2. The fourth-order valence-corrected chi connectivity index (χ4v) is 3.37. The summed E-state index contributed by atoms with van der Waals surface area (Å²) in [6.07, 6.45) is 1.99. The highest BCUT2D eigenvalue weighted by Crippen LogP contribution is 2.29. The molecule has 1 amide bonds. The largest absolute Gasteiger partial charge is 0.325 e. The number of nitrogens with one attached hydrogen (secondary N) is 1. The van der Waals surface area contributed by atoms with Crippen LogP contribution in [0.1, 0.15) is 6.92 Å². The smallest absolute Gasteiger partial charge is 0.234 e. The van der Waals surface area contributed by atoms with Gasteiger partial charge in [0.2, 0.25) is 5.91 Å². The molecular formula is C12H12N2O2S3. The number of thiazole rings is 1. The van der Waals surface area contributed by atoms with E-state index in [2.05, 4.69) is 10.3 Å². The molecule has 0 fully saturated rings. The number of aromatic nitrogens is 1. The lowest BCUT2D eigenvalue weighted by Crippen LogP contribution is -2.14. The van der Waals surface area contributed by atoms with Gasteiger partial charge in [-0.25, -0.2) is 4.98 Å².